The van der Waals surface area contributed by atoms with Crippen molar-refractivity contribution >= 4 is 29.7 Å². The molecule has 3 heterocycles. The van der Waals surface area contributed by atoms with E-state index in [9.17, 15) is 4.79 Å². The molecule has 1 aromatic carbocycles. The molecule has 5 N–H and O–H groups in total. The number of nitrogens with two attached hydrogens (primary N) is 1. The number of benzene rings is 1. The van der Waals surface area contributed by atoms with Crippen molar-refractivity contribution in [3.63, 3.8) is 0 Å². The number of rotatable bonds is 7. The second-order valence-electron chi connectivity index (χ2n) is 6.26. The van der Waals surface area contributed by atoms with Gasteiger partial charge in [-0.15, -0.1) is 5.10 Å². The summed E-state index contributed by atoms with van der Waals surface area (Å²) in [5, 5.41) is 15.9. The number of carbonyl (C=O) groups excluding carboxylic acids is 1. The van der Waals surface area contributed by atoms with Gasteiger partial charge in [0.15, 0.2) is 5.76 Å². The molecule has 11 heteroatoms. The highest BCUT2D eigenvalue weighted by atomic mass is 16.5. The Bertz CT molecular complexity index is 1180. The van der Waals surface area contributed by atoms with Crippen LogP contribution < -0.4 is 16.5 Å². The molecule has 4 rings (SSSR count). The first-order valence-electron chi connectivity index (χ1n) is 9.01. The number of anilines is 2. The van der Waals surface area contributed by atoms with Crippen molar-refractivity contribution in [3.8, 4) is 11.6 Å². The van der Waals surface area contributed by atoms with Crippen molar-refractivity contribution in [2.24, 2.45) is 0 Å². The second kappa shape index (κ2) is 8.41. The Hall–Kier alpha value is -4.25. The highest BCUT2D eigenvalue weighted by Gasteiger charge is 2.13. The summed E-state index contributed by atoms with van der Waals surface area (Å²) in [5.41, 5.74) is 9.44. The van der Waals surface area contributed by atoms with Crippen molar-refractivity contribution in [2.45, 2.75) is 6.42 Å². The van der Waals surface area contributed by atoms with Crippen LogP contribution >= 0.6 is 0 Å². The molecule has 0 spiro atoms. The number of nitrogens with zero attached hydrogens (tertiary/aromatic N) is 5. The molecule has 4 aromatic rings. The fourth-order valence-corrected chi connectivity index (χ4v) is 2.72. The van der Waals surface area contributed by atoms with Crippen LogP contribution in [0.4, 0.5) is 11.9 Å². The third kappa shape index (κ3) is 4.25. The molecule has 0 radical (unpaired) electrons. The van der Waals surface area contributed by atoms with E-state index in [2.05, 4.69) is 25.4 Å². The Kier molecular flexibility index (Phi) is 5.35. The van der Waals surface area contributed by atoms with Crippen LogP contribution in [0.2, 0.25) is 0 Å². The third-order valence-electron chi connectivity index (χ3n) is 4.19. The van der Waals surface area contributed by atoms with Crippen LogP contribution in [0.25, 0.3) is 23.4 Å². The lowest BCUT2D eigenvalue weighted by molar-refractivity contribution is -0.124. The van der Waals surface area contributed by atoms with E-state index in [1.54, 1.807) is 23.7 Å². The Balaban J connectivity index is 1.39. The molecule has 0 aliphatic heterocycles. The monoisotopic (exact) mass is 406 g/mol. The van der Waals surface area contributed by atoms with Gasteiger partial charge in [0.2, 0.25) is 17.7 Å². The zero-order valence-electron chi connectivity index (χ0n) is 15.7. The zero-order chi connectivity index (χ0) is 20.9. The van der Waals surface area contributed by atoms with Crippen molar-refractivity contribution in [2.75, 3.05) is 17.6 Å². The normalized spacial score (nSPS) is 11.2. The van der Waals surface area contributed by atoms with Crippen molar-refractivity contribution in [1.29, 1.82) is 0 Å². The summed E-state index contributed by atoms with van der Waals surface area (Å²) in [7, 11) is 0. The molecular weight excluding hydrogens is 388 g/mol. The van der Waals surface area contributed by atoms with Gasteiger partial charge in [-0.25, -0.2) is 5.48 Å². The third-order valence-corrected chi connectivity index (χ3v) is 4.19. The number of nitrogen functional groups attached to an aromatic ring is 1. The number of nitrogens with one attached hydrogen (secondary N) is 2. The number of hydroxylamine groups is 1. The highest BCUT2D eigenvalue weighted by molar-refractivity contribution is 5.90. The molecule has 0 atom stereocenters. The lowest BCUT2D eigenvalue weighted by atomic mass is 10.1. The van der Waals surface area contributed by atoms with E-state index >= 15 is 0 Å². The fourth-order valence-electron chi connectivity index (χ4n) is 2.72. The molecule has 3 aromatic heterocycles. The number of furan rings is 1. The summed E-state index contributed by atoms with van der Waals surface area (Å²) in [4.78, 5) is 23.9. The molecule has 30 heavy (non-hydrogen) atoms. The van der Waals surface area contributed by atoms with Crippen molar-refractivity contribution < 1.29 is 14.4 Å². The number of hydrogen-bond donors (Lipinski definition) is 4. The van der Waals surface area contributed by atoms with Crippen LogP contribution in [0.1, 0.15) is 11.1 Å². The maximum absolute atomic E-state index is 11.0. The van der Waals surface area contributed by atoms with Gasteiger partial charge in [-0.2, -0.15) is 19.5 Å². The molecule has 0 unspecified atom stereocenters. The van der Waals surface area contributed by atoms with E-state index in [0.717, 1.165) is 17.5 Å². The first-order chi connectivity index (χ1) is 14.6. The SMILES string of the molecule is Nc1nc(NCCc2ccc(/C=C/C(=O)NO)cc2)nc2nc(-c3ccco3)nn12. The largest absolute Gasteiger partial charge is 0.461 e. The van der Waals surface area contributed by atoms with Gasteiger partial charge in [0.1, 0.15) is 0 Å². The maximum atomic E-state index is 11.0. The van der Waals surface area contributed by atoms with Gasteiger partial charge < -0.3 is 15.5 Å². The van der Waals surface area contributed by atoms with Gasteiger partial charge in [-0.1, -0.05) is 24.3 Å². The lowest BCUT2D eigenvalue weighted by Gasteiger charge is -2.06. The molecule has 0 bridgehead atoms. The molecule has 11 nitrogen and oxygen atoms in total. The average Bonchev–Trinajstić information content (AvgIpc) is 3.43. The number of aromatic nitrogens is 5. The summed E-state index contributed by atoms with van der Waals surface area (Å²) >= 11 is 0. The Morgan fingerprint density at radius 2 is 2.03 bits per heavy atom. The smallest absolute Gasteiger partial charge is 0.267 e. The van der Waals surface area contributed by atoms with Crippen LogP contribution in [0.15, 0.2) is 53.2 Å². The molecule has 0 fully saturated rings. The molecule has 0 aliphatic carbocycles. The number of fused-ring (bicyclic) bond motifs is 1. The lowest BCUT2D eigenvalue weighted by Crippen LogP contribution is -2.14. The molecule has 0 saturated heterocycles. The maximum Gasteiger partial charge on any atom is 0.267 e. The molecule has 152 valence electrons. The van der Waals surface area contributed by atoms with Gasteiger partial charge in [0.05, 0.1) is 6.26 Å². The second-order valence-corrected chi connectivity index (χ2v) is 6.26. The molecular formula is C19H18N8O3. The van der Waals surface area contributed by atoms with Crippen LogP contribution in [-0.2, 0) is 11.2 Å². The number of amides is 1. The van der Waals surface area contributed by atoms with E-state index in [-0.39, 0.29) is 5.95 Å². The predicted molar refractivity (Wildman–Crippen MR) is 108 cm³/mol. The first-order valence-corrected chi connectivity index (χ1v) is 9.01. The Morgan fingerprint density at radius 3 is 2.77 bits per heavy atom. The van der Waals surface area contributed by atoms with Gasteiger partial charge in [0, 0.05) is 12.6 Å². The zero-order valence-corrected chi connectivity index (χ0v) is 15.7. The summed E-state index contributed by atoms with van der Waals surface area (Å²) < 4.78 is 6.65. The van der Waals surface area contributed by atoms with E-state index in [4.69, 9.17) is 15.4 Å². The van der Waals surface area contributed by atoms with E-state index in [1.165, 1.54) is 16.9 Å². The quantitative estimate of drug-likeness (QED) is 0.203. The standard InChI is InChI=1S/C19H18N8O3/c20-17-23-18(24-19-22-16(25-27(17)19)14-2-1-11-30-14)21-10-9-13-5-3-12(4-6-13)7-8-15(28)26-29/h1-8,11,29H,9-10H2,(H,26,28)(H3,20,21,22,23,24,25)/b8-7+. The highest BCUT2D eigenvalue weighted by Crippen LogP contribution is 2.17. The van der Waals surface area contributed by atoms with Gasteiger partial charge >= 0.3 is 0 Å². The van der Waals surface area contributed by atoms with Crippen LogP contribution in [0.3, 0.4) is 0 Å². The van der Waals surface area contributed by atoms with Crippen LogP contribution in [0, 0.1) is 0 Å². The summed E-state index contributed by atoms with van der Waals surface area (Å²) in [6, 6.07) is 11.2. The molecule has 1 amide bonds. The van der Waals surface area contributed by atoms with Crippen molar-refractivity contribution in [3.05, 3.63) is 59.9 Å². The topological polar surface area (TPSA) is 156 Å². The summed E-state index contributed by atoms with van der Waals surface area (Å²) in [6.45, 7) is 0.580. The predicted octanol–water partition coefficient (Wildman–Crippen LogP) is 1.53. The van der Waals surface area contributed by atoms with E-state index < -0.39 is 5.91 Å². The van der Waals surface area contributed by atoms with Gasteiger partial charge in [0.25, 0.3) is 11.7 Å². The number of carbonyl (C=O) groups is 1. The molecule has 0 saturated carbocycles. The Morgan fingerprint density at radius 1 is 1.20 bits per heavy atom. The van der Waals surface area contributed by atoms with Gasteiger partial charge in [-0.3, -0.25) is 10.0 Å². The minimum Gasteiger partial charge on any atom is -0.461 e. The van der Waals surface area contributed by atoms with Gasteiger partial charge in [-0.05, 0) is 35.8 Å². The minimum absolute atomic E-state index is 0.163. The van der Waals surface area contributed by atoms with E-state index in [1.807, 2.05) is 24.3 Å². The molecule has 0 aliphatic rings. The Labute approximate surface area is 170 Å². The summed E-state index contributed by atoms with van der Waals surface area (Å²) in [5.74, 6) is 1.15. The first kappa shape index (κ1) is 19.1. The number of hydrogen-bond acceptors (Lipinski definition) is 9. The summed E-state index contributed by atoms with van der Waals surface area (Å²) in [6.07, 6.45) is 5.11. The fraction of sp³-hybridized carbons (Fsp3) is 0.105. The van der Waals surface area contributed by atoms with E-state index in [0.29, 0.717) is 29.9 Å². The minimum atomic E-state index is -0.580. The van der Waals surface area contributed by atoms with Crippen LogP contribution in [0.5, 0.6) is 0 Å². The van der Waals surface area contributed by atoms with Crippen LogP contribution in [-0.4, -0.2) is 42.2 Å². The van der Waals surface area contributed by atoms with Crippen molar-refractivity contribution in [1.82, 2.24) is 30.0 Å². The average molecular weight is 406 g/mol.